The molecule has 0 bridgehead atoms. The van der Waals surface area contributed by atoms with Crippen molar-refractivity contribution in [1.29, 1.82) is 0 Å². The summed E-state index contributed by atoms with van der Waals surface area (Å²) in [6.45, 7) is 4.13. The van der Waals surface area contributed by atoms with E-state index >= 15 is 0 Å². The molecule has 28 heavy (non-hydrogen) atoms. The first-order valence-corrected chi connectivity index (χ1v) is 10.6. The van der Waals surface area contributed by atoms with Crippen LogP contribution in [0.2, 0.25) is 0 Å². The first-order valence-electron chi connectivity index (χ1n) is 8.89. The smallest absolute Gasteiger partial charge is 0.271 e. The molecule has 3 heterocycles. The number of hydrogen-bond acceptors (Lipinski definition) is 6. The second-order valence-electron chi connectivity index (χ2n) is 6.36. The fourth-order valence-electron chi connectivity index (χ4n) is 2.98. The van der Waals surface area contributed by atoms with Gasteiger partial charge in [-0.3, -0.25) is 19.3 Å². The third-order valence-electron chi connectivity index (χ3n) is 4.37. The highest BCUT2D eigenvalue weighted by atomic mass is 32.1. The molecule has 1 amide bonds. The number of aromatic nitrogens is 3. The minimum Gasteiger partial charge on any atom is -0.298 e. The Bertz CT molecular complexity index is 1210. The fraction of sp³-hybridized carbons (Fsp3) is 0.200. The molecule has 0 saturated heterocycles. The Labute approximate surface area is 169 Å². The Hall–Kier alpha value is -2.84. The van der Waals surface area contributed by atoms with Crippen molar-refractivity contribution in [2.45, 2.75) is 26.7 Å². The van der Waals surface area contributed by atoms with E-state index in [1.54, 1.807) is 11.6 Å². The molecule has 3 aromatic heterocycles. The lowest BCUT2D eigenvalue weighted by Gasteiger charge is -2.02. The summed E-state index contributed by atoms with van der Waals surface area (Å²) in [4.78, 5) is 35.3. The second kappa shape index (κ2) is 7.65. The van der Waals surface area contributed by atoms with E-state index in [4.69, 9.17) is 0 Å². The van der Waals surface area contributed by atoms with Crippen LogP contribution in [0.3, 0.4) is 0 Å². The summed E-state index contributed by atoms with van der Waals surface area (Å²) >= 11 is 2.73. The number of aryl methyl sites for hydroxylation is 2. The number of anilines is 1. The van der Waals surface area contributed by atoms with Crippen LogP contribution in [0.15, 0.2) is 46.8 Å². The highest BCUT2D eigenvalue weighted by Crippen LogP contribution is 2.30. The van der Waals surface area contributed by atoms with Crippen LogP contribution in [-0.2, 0) is 6.42 Å². The number of benzene rings is 1. The fourth-order valence-corrected chi connectivity index (χ4v) is 4.49. The van der Waals surface area contributed by atoms with Crippen LogP contribution in [0.4, 0.5) is 5.13 Å². The van der Waals surface area contributed by atoms with E-state index in [1.165, 1.54) is 38.8 Å². The predicted molar refractivity (Wildman–Crippen MR) is 114 cm³/mol. The normalized spacial score (nSPS) is 11.1. The maximum atomic E-state index is 12.6. The van der Waals surface area contributed by atoms with E-state index in [0.717, 1.165) is 29.0 Å². The average Bonchev–Trinajstić information content (AvgIpc) is 3.30. The van der Waals surface area contributed by atoms with Crippen molar-refractivity contribution in [2.75, 3.05) is 5.32 Å². The van der Waals surface area contributed by atoms with E-state index < -0.39 is 5.91 Å². The maximum Gasteiger partial charge on any atom is 0.271 e. The van der Waals surface area contributed by atoms with E-state index in [2.05, 4.69) is 46.5 Å². The van der Waals surface area contributed by atoms with Gasteiger partial charge >= 0.3 is 0 Å². The Morgan fingerprint density at radius 2 is 2.04 bits per heavy atom. The van der Waals surface area contributed by atoms with E-state index in [-0.39, 0.29) is 11.1 Å². The van der Waals surface area contributed by atoms with E-state index in [1.807, 2.05) is 6.92 Å². The SMILES string of the molecule is CCCc1ccc(-c2nc(NC(=O)c3cnc4sccn4c3=O)sc2C)cc1. The van der Waals surface area contributed by atoms with Crippen molar-refractivity contribution in [2.24, 2.45) is 0 Å². The molecule has 0 fully saturated rings. The molecule has 6 nitrogen and oxygen atoms in total. The van der Waals surface area contributed by atoms with Gasteiger partial charge in [-0.05, 0) is 18.9 Å². The Balaban J connectivity index is 1.58. The van der Waals surface area contributed by atoms with Gasteiger partial charge in [0.25, 0.3) is 11.5 Å². The predicted octanol–water partition coefficient (Wildman–Crippen LogP) is 4.39. The molecule has 0 unspecified atom stereocenters. The van der Waals surface area contributed by atoms with Crippen LogP contribution in [0.25, 0.3) is 16.2 Å². The lowest BCUT2D eigenvalue weighted by Crippen LogP contribution is -2.25. The molecule has 0 aliphatic carbocycles. The van der Waals surface area contributed by atoms with E-state index in [9.17, 15) is 9.59 Å². The van der Waals surface area contributed by atoms with Crippen molar-refractivity contribution < 1.29 is 4.79 Å². The number of thiazole rings is 2. The van der Waals surface area contributed by atoms with Gasteiger partial charge in [-0.15, -0.1) is 22.7 Å². The number of carbonyl (C=O) groups is 1. The molecule has 0 atom stereocenters. The highest BCUT2D eigenvalue weighted by Gasteiger charge is 2.17. The van der Waals surface area contributed by atoms with Crippen LogP contribution in [0.5, 0.6) is 0 Å². The summed E-state index contributed by atoms with van der Waals surface area (Å²) in [5.74, 6) is -0.503. The molecule has 142 valence electrons. The second-order valence-corrected chi connectivity index (χ2v) is 8.43. The molecule has 0 radical (unpaired) electrons. The van der Waals surface area contributed by atoms with Crippen LogP contribution in [-0.4, -0.2) is 20.3 Å². The minimum absolute atomic E-state index is 0.00535. The summed E-state index contributed by atoms with van der Waals surface area (Å²) in [6.07, 6.45) is 5.09. The first-order chi connectivity index (χ1) is 13.6. The van der Waals surface area contributed by atoms with Crippen molar-refractivity contribution in [3.05, 3.63) is 68.4 Å². The van der Waals surface area contributed by atoms with Crippen LogP contribution >= 0.6 is 22.7 Å². The molecule has 4 aromatic rings. The Morgan fingerprint density at radius 3 is 2.79 bits per heavy atom. The third-order valence-corrected chi connectivity index (χ3v) is 6.03. The largest absolute Gasteiger partial charge is 0.298 e. The van der Waals surface area contributed by atoms with E-state index in [0.29, 0.717) is 10.1 Å². The summed E-state index contributed by atoms with van der Waals surface area (Å²) in [7, 11) is 0. The van der Waals surface area contributed by atoms with Crippen LogP contribution in [0, 0.1) is 6.92 Å². The lowest BCUT2D eigenvalue weighted by atomic mass is 10.1. The molecular weight excluding hydrogens is 392 g/mol. The van der Waals surface area contributed by atoms with Gasteiger partial charge in [-0.2, -0.15) is 0 Å². The number of rotatable bonds is 5. The summed E-state index contributed by atoms with van der Waals surface area (Å²) in [5, 5.41) is 4.96. The van der Waals surface area contributed by atoms with Gasteiger partial charge in [0.2, 0.25) is 0 Å². The Kier molecular flexibility index (Phi) is 5.06. The molecule has 0 aliphatic heterocycles. The number of amides is 1. The molecule has 1 aromatic carbocycles. The zero-order valence-electron chi connectivity index (χ0n) is 15.4. The average molecular weight is 411 g/mol. The molecule has 8 heteroatoms. The standard InChI is InChI=1S/C20H18N4O2S2/c1-3-4-13-5-7-14(8-6-13)16-12(2)28-19(22-16)23-17(25)15-11-21-20-24(18(15)26)9-10-27-20/h5-11H,3-4H2,1-2H3,(H,22,23,25). The van der Waals surface area contributed by atoms with Crippen molar-refractivity contribution in [1.82, 2.24) is 14.4 Å². The van der Waals surface area contributed by atoms with Gasteiger partial charge in [0.1, 0.15) is 5.56 Å². The van der Waals surface area contributed by atoms with Crippen LogP contribution in [0.1, 0.15) is 34.1 Å². The summed E-state index contributed by atoms with van der Waals surface area (Å²) in [5.41, 5.74) is 2.75. The maximum absolute atomic E-state index is 12.6. The zero-order chi connectivity index (χ0) is 19.7. The van der Waals surface area contributed by atoms with Crippen molar-refractivity contribution in [3.63, 3.8) is 0 Å². The van der Waals surface area contributed by atoms with Crippen molar-refractivity contribution in [3.8, 4) is 11.3 Å². The van der Waals surface area contributed by atoms with Gasteiger partial charge in [0.05, 0.1) is 5.69 Å². The number of nitrogens with zero attached hydrogens (tertiary/aromatic N) is 3. The van der Waals surface area contributed by atoms with Gasteiger partial charge < -0.3 is 0 Å². The topological polar surface area (TPSA) is 76.4 Å². The molecule has 4 rings (SSSR count). The number of fused-ring (bicyclic) bond motifs is 1. The quantitative estimate of drug-likeness (QED) is 0.529. The molecular formula is C20H18N4O2S2. The van der Waals surface area contributed by atoms with Gasteiger partial charge in [0, 0.05) is 28.2 Å². The monoisotopic (exact) mass is 410 g/mol. The molecule has 0 aliphatic rings. The van der Waals surface area contributed by atoms with Crippen molar-refractivity contribution >= 4 is 38.7 Å². The molecule has 0 saturated carbocycles. The number of hydrogen-bond donors (Lipinski definition) is 1. The minimum atomic E-state index is -0.503. The lowest BCUT2D eigenvalue weighted by molar-refractivity contribution is 0.102. The molecule has 1 N–H and O–H groups in total. The highest BCUT2D eigenvalue weighted by molar-refractivity contribution is 7.16. The summed E-state index contributed by atoms with van der Waals surface area (Å²) < 4.78 is 1.37. The molecule has 0 spiro atoms. The number of nitrogens with one attached hydrogen (secondary N) is 1. The van der Waals surface area contributed by atoms with Gasteiger partial charge in [-0.1, -0.05) is 37.6 Å². The van der Waals surface area contributed by atoms with Crippen LogP contribution < -0.4 is 10.9 Å². The summed E-state index contributed by atoms with van der Waals surface area (Å²) in [6, 6.07) is 8.33. The zero-order valence-corrected chi connectivity index (χ0v) is 17.1. The first kappa shape index (κ1) is 18.5. The third kappa shape index (κ3) is 3.48. The van der Waals surface area contributed by atoms with Gasteiger partial charge in [-0.25, -0.2) is 9.97 Å². The Morgan fingerprint density at radius 1 is 1.25 bits per heavy atom. The van der Waals surface area contributed by atoms with Gasteiger partial charge in [0.15, 0.2) is 10.1 Å². The number of carbonyl (C=O) groups excluding carboxylic acids is 1.